The second-order valence-electron chi connectivity index (χ2n) is 7.88. The fourth-order valence-corrected chi connectivity index (χ4v) is 4.21. The van der Waals surface area contributed by atoms with Crippen molar-refractivity contribution in [3.63, 3.8) is 0 Å². The first kappa shape index (κ1) is 20.5. The van der Waals surface area contributed by atoms with Crippen LogP contribution >= 0.6 is 0 Å². The van der Waals surface area contributed by atoms with Gasteiger partial charge in [-0.1, -0.05) is 6.92 Å². The summed E-state index contributed by atoms with van der Waals surface area (Å²) in [4.78, 5) is 32.6. The molecule has 0 unspecified atom stereocenters. The zero-order valence-corrected chi connectivity index (χ0v) is 17.2. The van der Waals surface area contributed by atoms with E-state index >= 15 is 0 Å². The van der Waals surface area contributed by atoms with E-state index in [0.717, 1.165) is 49.4 Å². The summed E-state index contributed by atoms with van der Waals surface area (Å²) in [5.74, 6) is -0.523. The molecule has 0 atom stereocenters. The smallest absolute Gasteiger partial charge is 0.376 e. The number of hydrogen-bond acceptors (Lipinski definition) is 7. The van der Waals surface area contributed by atoms with Crippen LogP contribution in [-0.2, 0) is 28.9 Å². The summed E-state index contributed by atoms with van der Waals surface area (Å²) in [5, 5.41) is 7.83. The van der Waals surface area contributed by atoms with E-state index in [1.54, 1.807) is 6.07 Å². The monoisotopic (exact) mass is 413 g/mol. The second kappa shape index (κ2) is 8.91. The summed E-state index contributed by atoms with van der Waals surface area (Å²) in [6, 6.07) is 1.65. The van der Waals surface area contributed by atoms with Crippen LogP contribution in [0.5, 0.6) is 0 Å². The molecule has 9 nitrogen and oxygen atoms in total. The molecular formula is C21H27N5O4. The molecule has 0 bridgehead atoms. The molecule has 2 aromatic heterocycles. The largest absolute Gasteiger partial charge is 0.460 e. The molecule has 1 amide bonds. The molecular weight excluding hydrogens is 386 g/mol. The topological polar surface area (TPSA) is 108 Å². The standard InChI is InChI=1S/C21H27N5O4/c1-2-15-17-16(13-21(14-24-19(17)27)5-11-29-12-6-21)26(25-15)9-4-10-30-20(28)18-22-7-3-8-23-18/h3,7-8H,2,4-6,9-14H2,1H3,(H,24,27). The van der Waals surface area contributed by atoms with E-state index in [9.17, 15) is 9.59 Å². The van der Waals surface area contributed by atoms with E-state index in [0.29, 0.717) is 25.9 Å². The second-order valence-corrected chi connectivity index (χ2v) is 7.88. The average molecular weight is 413 g/mol. The van der Waals surface area contributed by atoms with E-state index < -0.39 is 5.97 Å². The zero-order chi connectivity index (χ0) is 21.0. The third-order valence-corrected chi connectivity index (χ3v) is 5.91. The fraction of sp³-hybridized carbons (Fsp3) is 0.571. The number of amides is 1. The van der Waals surface area contributed by atoms with Gasteiger partial charge in [0.1, 0.15) is 0 Å². The van der Waals surface area contributed by atoms with Crippen LogP contribution in [-0.4, -0.2) is 58.0 Å². The van der Waals surface area contributed by atoms with Crippen LogP contribution in [0.3, 0.4) is 0 Å². The minimum Gasteiger partial charge on any atom is -0.460 e. The maximum absolute atomic E-state index is 12.8. The van der Waals surface area contributed by atoms with Crippen LogP contribution in [0, 0.1) is 5.41 Å². The molecule has 4 rings (SSSR count). The van der Waals surface area contributed by atoms with Crippen LogP contribution in [0.25, 0.3) is 0 Å². The van der Waals surface area contributed by atoms with E-state index in [4.69, 9.17) is 14.6 Å². The Balaban J connectivity index is 1.46. The normalized spacial score (nSPS) is 17.8. The summed E-state index contributed by atoms with van der Waals surface area (Å²) < 4.78 is 12.8. The van der Waals surface area contributed by atoms with Crippen molar-refractivity contribution in [3.8, 4) is 0 Å². The number of carbonyl (C=O) groups excluding carboxylic acids is 2. The lowest BCUT2D eigenvalue weighted by Crippen LogP contribution is -2.40. The SMILES string of the molecule is CCc1nn(CCCOC(=O)c2ncccn2)c2c1C(=O)NCC1(CCOCC1)C2. The van der Waals surface area contributed by atoms with Crippen LogP contribution in [0.1, 0.15) is 58.6 Å². The van der Waals surface area contributed by atoms with Gasteiger partial charge in [0.15, 0.2) is 0 Å². The van der Waals surface area contributed by atoms with Crippen LogP contribution < -0.4 is 5.32 Å². The molecule has 0 aliphatic carbocycles. The number of nitrogens with one attached hydrogen (secondary N) is 1. The first-order valence-electron chi connectivity index (χ1n) is 10.5. The van der Waals surface area contributed by atoms with E-state index in [1.165, 1.54) is 12.4 Å². The van der Waals surface area contributed by atoms with E-state index in [2.05, 4.69) is 15.3 Å². The molecule has 1 N–H and O–H groups in total. The number of ether oxygens (including phenoxy) is 2. The highest BCUT2D eigenvalue weighted by molar-refractivity contribution is 5.97. The minimum absolute atomic E-state index is 0.0130. The van der Waals surface area contributed by atoms with Gasteiger partial charge < -0.3 is 14.8 Å². The van der Waals surface area contributed by atoms with Gasteiger partial charge in [-0.25, -0.2) is 14.8 Å². The highest BCUT2D eigenvalue weighted by Gasteiger charge is 2.39. The zero-order valence-electron chi connectivity index (χ0n) is 17.2. The number of aromatic nitrogens is 4. The summed E-state index contributed by atoms with van der Waals surface area (Å²) in [5.41, 5.74) is 2.54. The maximum Gasteiger partial charge on any atom is 0.376 e. The predicted molar refractivity (Wildman–Crippen MR) is 107 cm³/mol. The molecule has 0 aromatic carbocycles. The Bertz CT molecular complexity index is 906. The lowest BCUT2D eigenvalue weighted by Gasteiger charge is -2.36. The van der Waals surface area contributed by atoms with Crippen molar-refractivity contribution in [2.45, 2.75) is 45.6 Å². The lowest BCUT2D eigenvalue weighted by atomic mass is 9.76. The van der Waals surface area contributed by atoms with Crippen molar-refractivity contribution in [2.24, 2.45) is 5.41 Å². The van der Waals surface area contributed by atoms with Crippen molar-refractivity contribution >= 4 is 11.9 Å². The molecule has 0 saturated carbocycles. The first-order chi connectivity index (χ1) is 14.6. The number of nitrogens with zero attached hydrogens (tertiary/aromatic N) is 4. The van der Waals surface area contributed by atoms with Crippen molar-refractivity contribution in [1.82, 2.24) is 25.1 Å². The summed E-state index contributed by atoms with van der Waals surface area (Å²) in [6.07, 6.45) is 6.95. The van der Waals surface area contributed by atoms with Gasteiger partial charge in [-0.3, -0.25) is 9.48 Å². The van der Waals surface area contributed by atoms with E-state index in [1.807, 2.05) is 11.6 Å². The van der Waals surface area contributed by atoms with Crippen molar-refractivity contribution in [1.29, 1.82) is 0 Å². The fourth-order valence-electron chi connectivity index (χ4n) is 4.21. The lowest BCUT2D eigenvalue weighted by molar-refractivity contribution is 0.0152. The van der Waals surface area contributed by atoms with Gasteiger partial charge in [0.2, 0.25) is 5.82 Å². The molecule has 1 spiro atoms. The molecule has 0 radical (unpaired) electrons. The molecule has 1 saturated heterocycles. The Kier molecular flexibility index (Phi) is 6.08. The number of aryl methyl sites for hydroxylation is 2. The minimum atomic E-state index is -0.537. The Morgan fingerprint density at radius 1 is 1.30 bits per heavy atom. The van der Waals surface area contributed by atoms with Crippen molar-refractivity contribution in [3.05, 3.63) is 41.2 Å². The van der Waals surface area contributed by atoms with Gasteiger partial charge in [-0.05, 0) is 37.2 Å². The van der Waals surface area contributed by atoms with Gasteiger partial charge in [0.25, 0.3) is 5.91 Å². The summed E-state index contributed by atoms with van der Waals surface area (Å²) >= 11 is 0. The van der Waals surface area contributed by atoms with Crippen LogP contribution in [0.2, 0.25) is 0 Å². The molecule has 2 aliphatic rings. The Hall–Kier alpha value is -2.81. The van der Waals surface area contributed by atoms with Gasteiger partial charge in [0, 0.05) is 45.1 Å². The Labute approximate surface area is 175 Å². The summed E-state index contributed by atoms with van der Waals surface area (Å²) in [6.45, 7) is 4.93. The Morgan fingerprint density at radius 2 is 2.07 bits per heavy atom. The highest BCUT2D eigenvalue weighted by atomic mass is 16.5. The third-order valence-electron chi connectivity index (χ3n) is 5.91. The van der Waals surface area contributed by atoms with Crippen molar-refractivity contribution < 1.29 is 19.1 Å². The molecule has 9 heteroatoms. The molecule has 160 valence electrons. The van der Waals surface area contributed by atoms with Gasteiger partial charge >= 0.3 is 5.97 Å². The third kappa shape index (κ3) is 4.21. The molecule has 1 fully saturated rings. The van der Waals surface area contributed by atoms with Gasteiger partial charge in [0.05, 0.1) is 23.6 Å². The molecule has 2 aromatic rings. The summed E-state index contributed by atoms with van der Waals surface area (Å²) in [7, 11) is 0. The van der Waals surface area contributed by atoms with Crippen LogP contribution in [0.4, 0.5) is 0 Å². The molecule has 30 heavy (non-hydrogen) atoms. The van der Waals surface area contributed by atoms with E-state index in [-0.39, 0.29) is 23.8 Å². The quantitative estimate of drug-likeness (QED) is 0.565. The van der Waals surface area contributed by atoms with Gasteiger partial charge in [-0.2, -0.15) is 5.10 Å². The highest BCUT2D eigenvalue weighted by Crippen LogP contribution is 2.37. The maximum atomic E-state index is 12.8. The first-order valence-corrected chi connectivity index (χ1v) is 10.5. The number of hydrogen-bond donors (Lipinski definition) is 1. The van der Waals surface area contributed by atoms with Gasteiger partial charge in [-0.15, -0.1) is 0 Å². The average Bonchev–Trinajstić information content (AvgIpc) is 3.06. The number of esters is 1. The molecule has 2 aliphatic heterocycles. The Morgan fingerprint density at radius 3 is 2.80 bits per heavy atom. The number of carbonyl (C=O) groups is 2. The number of fused-ring (bicyclic) bond motifs is 1. The van der Waals surface area contributed by atoms with Crippen molar-refractivity contribution in [2.75, 3.05) is 26.4 Å². The number of rotatable bonds is 6. The van der Waals surface area contributed by atoms with Crippen LogP contribution in [0.15, 0.2) is 18.5 Å². The predicted octanol–water partition coefficient (Wildman–Crippen LogP) is 1.57. The molecule has 4 heterocycles.